The molecular formula is C11H13NO3. The van der Waals surface area contributed by atoms with Gasteiger partial charge in [0.1, 0.15) is 11.5 Å². The Hall–Kier alpha value is -1.97. The average molecular weight is 207 g/mol. The Morgan fingerprint density at radius 3 is 2.67 bits per heavy atom. The Balaban J connectivity index is 3.00. The zero-order chi connectivity index (χ0) is 11.3. The van der Waals surface area contributed by atoms with E-state index >= 15 is 0 Å². The Kier molecular flexibility index (Phi) is 3.74. The molecule has 1 N–H and O–H groups in total. The third-order valence-electron chi connectivity index (χ3n) is 1.85. The molecule has 0 spiro atoms. The van der Waals surface area contributed by atoms with Crippen molar-refractivity contribution in [2.75, 3.05) is 19.5 Å². The molecule has 4 nitrogen and oxygen atoms in total. The second-order valence-electron chi connectivity index (χ2n) is 2.76. The van der Waals surface area contributed by atoms with Crippen LogP contribution < -0.4 is 14.8 Å². The van der Waals surface area contributed by atoms with Gasteiger partial charge in [-0.3, -0.25) is 4.79 Å². The van der Waals surface area contributed by atoms with E-state index in [1.165, 1.54) is 13.2 Å². The molecule has 80 valence electrons. The lowest BCUT2D eigenvalue weighted by molar-refractivity contribution is -0.111. The largest absolute Gasteiger partial charge is 0.497 e. The number of carbonyl (C=O) groups excluding carboxylic acids is 1. The molecule has 0 atom stereocenters. The minimum Gasteiger partial charge on any atom is -0.497 e. The van der Waals surface area contributed by atoms with E-state index in [-0.39, 0.29) is 5.91 Å². The van der Waals surface area contributed by atoms with E-state index in [4.69, 9.17) is 9.47 Å². The monoisotopic (exact) mass is 207 g/mol. The maximum atomic E-state index is 11.1. The van der Waals surface area contributed by atoms with Crippen LogP contribution >= 0.6 is 0 Å². The summed E-state index contributed by atoms with van der Waals surface area (Å²) in [4.78, 5) is 11.1. The molecule has 0 fully saturated rings. The van der Waals surface area contributed by atoms with Gasteiger partial charge in [-0.25, -0.2) is 0 Å². The Bertz CT molecular complexity index is 374. The maximum absolute atomic E-state index is 11.1. The first-order valence-corrected chi connectivity index (χ1v) is 4.36. The van der Waals surface area contributed by atoms with Crippen LogP contribution in [0.4, 0.5) is 5.69 Å². The van der Waals surface area contributed by atoms with Gasteiger partial charge in [-0.15, -0.1) is 0 Å². The molecular weight excluding hydrogens is 194 g/mol. The van der Waals surface area contributed by atoms with Gasteiger partial charge in [0, 0.05) is 6.07 Å². The smallest absolute Gasteiger partial charge is 0.247 e. The molecule has 0 saturated carbocycles. The summed E-state index contributed by atoms with van der Waals surface area (Å²) in [6, 6.07) is 5.15. The predicted molar refractivity (Wildman–Crippen MR) is 58.4 cm³/mol. The van der Waals surface area contributed by atoms with Crippen LogP contribution in [-0.2, 0) is 4.79 Å². The van der Waals surface area contributed by atoms with Gasteiger partial charge in [0.2, 0.25) is 5.91 Å². The van der Waals surface area contributed by atoms with Crippen LogP contribution in [-0.4, -0.2) is 20.1 Å². The minimum absolute atomic E-state index is 0.290. The zero-order valence-electron chi connectivity index (χ0n) is 8.74. The van der Waals surface area contributed by atoms with Crippen LogP contribution in [0.2, 0.25) is 0 Å². The number of carbonyl (C=O) groups is 1. The molecule has 4 heteroatoms. The lowest BCUT2D eigenvalue weighted by Crippen LogP contribution is -2.08. The van der Waals surface area contributed by atoms with Gasteiger partial charge in [0.15, 0.2) is 0 Å². The molecule has 0 unspecified atom stereocenters. The van der Waals surface area contributed by atoms with Crippen molar-refractivity contribution >= 4 is 11.6 Å². The summed E-state index contributed by atoms with van der Waals surface area (Å²) in [6.45, 7) is 3.37. The third-order valence-corrected chi connectivity index (χ3v) is 1.85. The lowest BCUT2D eigenvalue weighted by atomic mass is 10.2. The molecule has 0 bridgehead atoms. The van der Waals surface area contributed by atoms with E-state index in [0.29, 0.717) is 17.2 Å². The van der Waals surface area contributed by atoms with Crippen molar-refractivity contribution in [1.29, 1.82) is 0 Å². The van der Waals surface area contributed by atoms with Gasteiger partial charge in [-0.1, -0.05) is 6.58 Å². The van der Waals surface area contributed by atoms with Crippen LogP contribution in [0.1, 0.15) is 0 Å². The van der Waals surface area contributed by atoms with Gasteiger partial charge < -0.3 is 14.8 Å². The second kappa shape index (κ2) is 5.05. The summed E-state index contributed by atoms with van der Waals surface area (Å²) in [5.41, 5.74) is 0.557. The van der Waals surface area contributed by atoms with Crippen molar-refractivity contribution in [3.63, 3.8) is 0 Å². The molecule has 1 rings (SSSR count). The zero-order valence-corrected chi connectivity index (χ0v) is 8.74. The molecule has 15 heavy (non-hydrogen) atoms. The predicted octanol–water partition coefficient (Wildman–Crippen LogP) is 1.83. The van der Waals surface area contributed by atoms with Crippen molar-refractivity contribution in [2.24, 2.45) is 0 Å². The topological polar surface area (TPSA) is 47.6 Å². The van der Waals surface area contributed by atoms with Crippen LogP contribution in [0.3, 0.4) is 0 Å². The van der Waals surface area contributed by atoms with Gasteiger partial charge in [0.25, 0.3) is 0 Å². The van der Waals surface area contributed by atoms with E-state index in [0.717, 1.165) is 0 Å². The molecule has 0 aliphatic heterocycles. The van der Waals surface area contributed by atoms with Crippen molar-refractivity contribution in [3.05, 3.63) is 30.9 Å². The SMILES string of the molecule is C=CC(=O)Nc1cc(OC)ccc1OC. The third kappa shape index (κ3) is 2.74. The molecule has 0 heterocycles. The number of anilines is 1. The summed E-state index contributed by atoms with van der Waals surface area (Å²) < 4.78 is 10.1. The van der Waals surface area contributed by atoms with Crippen molar-refractivity contribution in [1.82, 2.24) is 0 Å². The van der Waals surface area contributed by atoms with Crippen molar-refractivity contribution in [3.8, 4) is 11.5 Å². The maximum Gasteiger partial charge on any atom is 0.247 e. The number of methoxy groups -OCH3 is 2. The number of hydrogen-bond acceptors (Lipinski definition) is 3. The van der Waals surface area contributed by atoms with Gasteiger partial charge in [0.05, 0.1) is 19.9 Å². The highest BCUT2D eigenvalue weighted by Crippen LogP contribution is 2.28. The first-order chi connectivity index (χ1) is 7.21. The summed E-state index contributed by atoms with van der Waals surface area (Å²) >= 11 is 0. The van der Waals surface area contributed by atoms with Crippen LogP contribution in [0.5, 0.6) is 11.5 Å². The molecule has 0 aliphatic rings. The Morgan fingerprint density at radius 1 is 1.40 bits per heavy atom. The molecule has 0 aliphatic carbocycles. The quantitative estimate of drug-likeness (QED) is 0.766. The molecule has 0 aromatic heterocycles. The number of amides is 1. The number of benzene rings is 1. The standard InChI is InChI=1S/C11H13NO3/c1-4-11(13)12-9-7-8(14-2)5-6-10(9)15-3/h4-7H,1H2,2-3H3,(H,12,13). The summed E-state index contributed by atoms with van der Waals surface area (Å²) in [6.07, 6.45) is 1.19. The van der Waals surface area contributed by atoms with Gasteiger partial charge in [-0.2, -0.15) is 0 Å². The summed E-state index contributed by atoms with van der Waals surface area (Å²) in [5.74, 6) is 0.933. The Morgan fingerprint density at radius 2 is 2.13 bits per heavy atom. The average Bonchev–Trinajstić information content (AvgIpc) is 2.28. The summed E-state index contributed by atoms with van der Waals surface area (Å²) in [5, 5.41) is 2.62. The number of ether oxygens (including phenoxy) is 2. The van der Waals surface area contributed by atoms with Gasteiger partial charge >= 0.3 is 0 Å². The van der Waals surface area contributed by atoms with E-state index in [1.54, 1.807) is 25.3 Å². The highest BCUT2D eigenvalue weighted by Gasteiger charge is 2.06. The van der Waals surface area contributed by atoms with Crippen LogP contribution in [0.25, 0.3) is 0 Å². The number of rotatable bonds is 4. The highest BCUT2D eigenvalue weighted by molar-refractivity contribution is 6.00. The molecule has 1 aromatic rings. The molecule has 1 aromatic carbocycles. The van der Waals surface area contributed by atoms with Crippen molar-refractivity contribution < 1.29 is 14.3 Å². The fraction of sp³-hybridized carbons (Fsp3) is 0.182. The molecule has 1 amide bonds. The first kappa shape index (κ1) is 11.1. The normalized spacial score (nSPS) is 9.20. The first-order valence-electron chi connectivity index (χ1n) is 4.36. The van der Waals surface area contributed by atoms with E-state index < -0.39 is 0 Å². The molecule has 0 saturated heterocycles. The summed E-state index contributed by atoms with van der Waals surface area (Å²) in [7, 11) is 3.09. The van der Waals surface area contributed by atoms with Crippen LogP contribution in [0.15, 0.2) is 30.9 Å². The number of hydrogen-bond donors (Lipinski definition) is 1. The minimum atomic E-state index is -0.290. The lowest BCUT2D eigenvalue weighted by Gasteiger charge is -2.10. The van der Waals surface area contributed by atoms with Crippen molar-refractivity contribution in [2.45, 2.75) is 0 Å². The molecule has 0 radical (unpaired) electrons. The fourth-order valence-electron chi connectivity index (χ4n) is 1.10. The van der Waals surface area contributed by atoms with Crippen LogP contribution in [0, 0.1) is 0 Å². The van der Waals surface area contributed by atoms with E-state index in [2.05, 4.69) is 11.9 Å². The fourth-order valence-corrected chi connectivity index (χ4v) is 1.10. The van der Waals surface area contributed by atoms with Gasteiger partial charge in [-0.05, 0) is 18.2 Å². The highest BCUT2D eigenvalue weighted by atomic mass is 16.5. The van der Waals surface area contributed by atoms with E-state index in [9.17, 15) is 4.79 Å². The second-order valence-corrected chi connectivity index (χ2v) is 2.76. The Labute approximate surface area is 88.5 Å². The number of nitrogens with one attached hydrogen (secondary N) is 1. The van der Waals surface area contributed by atoms with E-state index in [1.807, 2.05) is 0 Å².